The van der Waals surface area contributed by atoms with E-state index < -0.39 is 10.0 Å². The van der Waals surface area contributed by atoms with Crippen molar-refractivity contribution in [2.75, 3.05) is 11.4 Å². The summed E-state index contributed by atoms with van der Waals surface area (Å²) in [6, 6.07) is 22.1. The highest BCUT2D eigenvalue weighted by Crippen LogP contribution is 2.30. The highest BCUT2D eigenvalue weighted by atomic mass is 32.2. The van der Waals surface area contributed by atoms with Crippen LogP contribution in [-0.2, 0) is 16.6 Å². The Kier molecular flexibility index (Phi) is 6.97. The number of hydrogen-bond acceptors (Lipinski definition) is 4. The minimum absolute atomic E-state index is 0.0821. The number of carbonyl (C=O) groups is 1. The van der Waals surface area contributed by atoms with Crippen molar-refractivity contribution >= 4 is 21.6 Å². The first-order valence-electron chi connectivity index (χ1n) is 9.93. The van der Waals surface area contributed by atoms with Gasteiger partial charge in [-0.05, 0) is 55.8 Å². The molecule has 0 radical (unpaired) electrons. The maximum absolute atomic E-state index is 13.7. The van der Waals surface area contributed by atoms with E-state index in [1.165, 1.54) is 23.5 Å². The zero-order valence-electron chi connectivity index (χ0n) is 17.8. The Morgan fingerprint density at radius 1 is 0.935 bits per heavy atom. The number of para-hydroxylation sites is 1. The standard InChI is InChI=1S/C24H26N2O4S/c1-18(2)25-24(27)22-11-7-8-12-23(22)26(17-19-9-5-4-6-10-19)31(28,29)21-15-13-20(30-3)14-16-21/h4-16,18H,17H2,1-3H3,(H,25,27). The first kappa shape index (κ1) is 22.4. The SMILES string of the molecule is COc1ccc(S(=O)(=O)N(Cc2ccccc2)c2ccccc2C(=O)NC(C)C)cc1. The fraction of sp³-hybridized carbons (Fsp3) is 0.208. The molecule has 31 heavy (non-hydrogen) atoms. The van der Waals surface area contributed by atoms with Crippen molar-refractivity contribution < 1.29 is 17.9 Å². The molecular formula is C24H26N2O4S. The Bertz CT molecular complexity index is 1130. The zero-order valence-corrected chi connectivity index (χ0v) is 18.6. The zero-order chi connectivity index (χ0) is 22.4. The summed E-state index contributed by atoms with van der Waals surface area (Å²) < 4.78 is 33.8. The normalized spacial score (nSPS) is 11.2. The molecule has 0 heterocycles. The van der Waals surface area contributed by atoms with Gasteiger partial charge in [-0.1, -0.05) is 42.5 Å². The summed E-state index contributed by atoms with van der Waals surface area (Å²) in [6.45, 7) is 3.80. The van der Waals surface area contributed by atoms with Crippen molar-refractivity contribution in [2.45, 2.75) is 31.3 Å². The summed E-state index contributed by atoms with van der Waals surface area (Å²) >= 11 is 0. The first-order valence-corrected chi connectivity index (χ1v) is 11.4. The van der Waals surface area contributed by atoms with Gasteiger partial charge in [0.15, 0.2) is 0 Å². The molecule has 162 valence electrons. The van der Waals surface area contributed by atoms with E-state index in [0.717, 1.165) is 5.56 Å². The molecule has 0 fully saturated rings. The predicted octanol–water partition coefficient (Wildman–Crippen LogP) is 4.23. The molecule has 6 nitrogen and oxygen atoms in total. The molecule has 0 aliphatic rings. The summed E-state index contributed by atoms with van der Waals surface area (Å²) in [5.74, 6) is 0.235. The van der Waals surface area contributed by atoms with Crippen LogP contribution in [0.4, 0.5) is 5.69 Å². The van der Waals surface area contributed by atoms with E-state index in [9.17, 15) is 13.2 Å². The minimum Gasteiger partial charge on any atom is -0.497 e. The Hall–Kier alpha value is -3.32. The molecule has 0 aliphatic heterocycles. The van der Waals surface area contributed by atoms with Crippen LogP contribution in [-0.4, -0.2) is 27.5 Å². The fourth-order valence-corrected chi connectivity index (χ4v) is 4.62. The summed E-state index contributed by atoms with van der Waals surface area (Å²) in [5, 5.41) is 2.85. The van der Waals surface area contributed by atoms with Crippen molar-refractivity contribution in [3.05, 3.63) is 90.0 Å². The number of benzene rings is 3. The molecule has 1 amide bonds. The smallest absolute Gasteiger partial charge is 0.264 e. The number of amides is 1. The number of sulfonamides is 1. The van der Waals surface area contributed by atoms with Gasteiger partial charge in [-0.3, -0.25) is 9.10 Å². The molecule has 0 aliphatic carbocycles. The number of methoxy groups -OCH3 is 1. The Labute approximate surface area is 183 Å². The second-order valence-electron chi connectivity index (χ2n) is 7.32. The molecule has 0 saturated heterocycles. The topological polar surface area (TPSA) is 75.7 Å². The molecule has 0 atom stereocenters. The van der Waals surface area contributed by atoms with Crippen LogP contribution < -0.4 is 14.4 Å². The molecule has 0 bridgehead atoms. The second kappa shape index (κ2) is 9.66. The van der Waals surface area contributed by atoms with Crippen LogP contribution in [0.5, 0.6) is 5.75 Å². The van der Waals surface area contributed by atoms with Gasteiger partial charge in [0.2, 0.25) is 0 Å². The van der Waals surface area contributed by atoms with E-state index >= 15 is 0 Å². The fourth-order valence-electron chi connectivity index (χ4n) is 3.15. The number of hydrogen-bond donors (Lipinski definition) is 1. The van der Waals surface area contributed by atoms with Crippen LogP contribution in [0.1, 0.15) is 29.8 Å². The van der Waals surface area contributed by atoms with E-state index in [2.05, 4.69) is 5.32 Å². The van der Waals surface area contributed by atoms with Gasteiger partial charge >= 0.3 is 0 Å². The van der Waals surface area contributed by atoms with E-state index in [4.69, 9.17) is 4.74 Å². The number of ether oxygens (including phenoxy) is 1. The van der Waals surface area contributed by atoms with Crippen LogP contribution >= 0.6 is 0 Å². The third-order valence-corrected chi connectivity index (χ3v) is 6.43. The third kappa shape index (κ3) is 5.24. The van der Waals surface area contributed by atoms with Crippen LogP contribution in [0.3, 0.4) is 0 Å². The lowest BCUT2D eigenvalue weighted by Gasteiger charge is -2.27. The van der Waals surface area contributed by atoms with Gasteiger partial charge in [0.05, 0.1) is 29.8 Å². The number of anilines is 1. The van der Waals surface area contributed by atoms with Crippen LogP contribution in [0.25, 0.3) is 0 Å². The van der Waals surface area contributed by atoms with Crippen LogP contribution in [0, 0.1) is 0 Å². The van der Waals surface area contributed by atoms with Gasteiger partial charge in [-0.25, -0.2) is 8.42 Å². The molecule has 0 unspecified atom stereocenters. The average Bonchev–Trinajstić information content (AvgIpc) is 2.77. The van der Waals surface area contributed by atoms with Gasteiger partial charge in [0.25, 0.3) is 15.9 Å². The number of carbonyl (C=O) groups excluding carboxylic acids is 1. The predicted molar refractivity (Wildman–Crippen MR) is 122 cm³/mol. The van der Waals surface area contributed by atoms with Gasteiger partial charge in [-0.15, -0.1) is 0 Å². The second-order valence-corrected chi connectivity index (χ2v) is 9.18. The van der Waals surface area contributed by atoms with Crippen molar-refractivity contribution in [1.29, 1.82) is 0 Å². The van der Waals surface area contributed by atoms with Gasteiger partial charge in [-0.2, -0.15) is 0 Å². The summed E-state index contributed by atoms with van der Waals surface area (Å²) in [5.41, 5.74) is 1.42. The van der Waals surface area contributed by atoms with Gasteiger partial charge in [0.1, 0.15) is 5.75 Å². The van der Waals surface area contributed by atoms with Gasteiger partial charge in [0, 0.05) is 6.04 Å². The number of nitrogens with zero attached hydrogens (tertiary/aromatic N) is 1. The lowest BCUT2D eigenvalue weighted by Crippen LogP contribution is -2.35. The number of rotatable bonds is 8. The van der Waals surface area contributed by atoms with Crippen LogP contribution in [0.15, 0.2) is 83.8 Å². The highest BCUT2D eigenvalue weighted by Gasteiger charge is 2.28. The molecule has 7 heteroatoms. The average molecular weight is 439 g/mol. The number of nitrogens with one attached hydrogen (secondary N) is 1. The van der Waals surface area contributed by atoms with E-state index in [-0.39, 0.29) is 23.4 Å². The Morgan fingerprint density at radius 2 is 1.55 bits per heavy atom. The molecule has 3 aromatic rings. The molecule has 3 rings (SSSR count). The maximum atomic E-state index is 13.7. The molecule has 0 aromatic heterocycles. The summed E-state index contributed by atoms with van der Waals surface area (Å²) in [6.07, 6.45) is 0. The van der Waals surface area contributed by atoms with Crippen molar-refractivity contribution in [3.63, 3.8) is 0 Å². The van der Waals surface area contributed by atoms with E-state index in [0.29, 0.717) is 17.0 Å². The van der Waals surface area contributed by atoms with Crippen molar-refractivity contribution in [1.82, 2.24) is 5.32 Å². The quantitative estimate of drug-likeness (QED) is 0.571. The van der Waals surface area contributed by atoms with Gasteiger partial charge < -0.3 is 10.1 Å². The lowest BCUT2D eigenvalue weighted by atomic mass is 10.1. The molecule has 1 N–H and O–H groups in total. The first-order chi connectivity index (χ1) is 14.8. The molecule has 3 aromatic carbocycles. The minimum atomic E-state index is -3.96. The Morgan fingerprint density at radius 3 is 2.16 bits per heavy atom. The summed E-state index contributed by atoms with van der Waals surface area (Å²) in [4.78, 5) is 12.9. The van der Waals surface area contributed by atoms with Crippen molar-refractivity contribution in [3.8, 4) is 5.75 Å². The summed E-state index contributed by atoms with van der Waals surface area (Å²) in [7, 11) is -2.44. The van der Waals surface area contributed by atoms with E-state index in [1.807, 2.05) is 44.2 Å². The van der Waals surface area contributed by atoms with E-state index in [1.54, 1.807) is 36.4 Å². The monoisotopic (exact) mass is 438 g/mol. The highest BCUT2D eigenvalue weighted by molar-refractivity contribution is 7.92. The largest absolute Gasteiger partial charge is 0.497 e. The molecule has 0 spiro atoms. The molecular weight excluding hydrogens is 412 g/mol. The Balaban J connectivity index is 2.12. The molecule has 0 saturated carbocycles. The third-order valence-electron chi connectivity index (χ3n) is 4.65. The van der Waals surface area contributed by atoms with Crippen LogP contribution in [0.2, 0.25) is 0 Å². The lowest BCUT2D eigenvalue weighted by molar-refractivity contribution is 0.0944. The van der Waals surface area contributed by atoms with Crippen molar-refractivity contribution in [2.24, 2.45) is 0 Å². The maximum Gasteiger partial charge on any atom is 0.264 e.